The van der Waals surface area contributed by atoms with Crippen LogP contribution in [0.25, 0.3) is 0 Å². The van der Waals surface area contributed by atoms with Gasteiger partial charge in [-0.05, 0) is 27.7 Å². The van der Waals surface area contributed by atoms with E-state index in [1.807, 2.05) is 17.7 Å². The first-order valence-corrected chi connectivity index (χ1v) is 5.92. The van der Waals surface area contributed by atoms with E-state index in [-0.39, 0.29) is 17.5 Å². The number of aryl methyl sites for hydroxylation is 1. The fraction of sp³-hybridized carbons (Fsp3) is 0.667. The van der Waals surface area contributed by atoms with Crippen LogP contribution in [0.1, 0.15) is 32.9 Å². The predicted molar refractivity (Wildman–Crippen MR) is 66.9 cm³/mol. The van der Waals surface area contributed by atoms with Crippen molar-refractivity contribution in [2.75, 3.05) is 11.4 Å². The van der Waals surface area contributed by atoms with Gasteiger partial charge in [0.2, 0.25) is 5.91 Å². The maximum atomic E-state index is 11.9. The molecule has 0 spiro atoms. The van der Waals surface area contributed by atoms with Gasteiger partial charge in [0, 0.05) is 25.1 Å². The number of anilines is 1. The largest absolute Gasteiger partial charge is 0.326 e. The highest BCUT2D eigenvalue weighted by Crippen LogP contribution is 2.27. The molecule has 17 heavy (non-hydrogen) atoms. The summed E-state index contributed by atoms with van der Waals surface area (Å²) in [6.07, 6.45) is 0.425. The Bertz CT molecular complexity index is 444. The molecule has 1 amide bonds. The average molecular weight is 236 g/mol. The molecule has 0 saturated carbocycles. The van der Waals surface area contributed by atoms with Crippen LogP contribution in [0.15, 0.2) is 6.07 Å². The van der Waals surface area contributed by atoms with E-state index in [0.717, 1.165) is 11.5 Å². The minimum absolute atomic E-state index is 0.0638. The first-order chi connectivity index (χ1) is 7.79. The van der Waals surface area contributed by atoms with Crippen molar-refractivity contribution in [1.82, 2.24) is 9.78 Å². The summed E-state index contributed by atoms with van der Waals surface area (Å²) in [5, 5.41) is 4.47. The molecule has 1 aliphatic heterocycles. The minimum atomic E-state index is -0.142. The number of hydrogen-bond acceptors (Lipinski definition) is 3. The molecule has 1 aromatic heterocycles. The van der Waals surface area contributed by atoms with Gasteiger partial charge in [0.1, 0.15) is 5.82 Å². The van der Waals surface area contributed by atoms with Crippen molar-refractivity contribution in [1.29, 1.82) is 0 Å². The fourth-order valence-electron chi connectivity index (χ4n) is 2.13. The number of hydrogen-bond donors (Lipinski definition) is 1. The number of nitrogens with two attached hydrogens (primary N) is 1. The van der Waals surface area contributed by atoms with Crippen LogP contribution in [0.2, 0.25) is 0 Å². The Balaban J connectivity index is 2.42. The van der Waals surface area contributed by atoms with Crippen LogP contribution in [0, 0.1) is 6.92 Å². The molecule has 2 N–H and O–H groups in total. The van der Waals surface area contributed by atoms with E-state index in [0.29, 0.717) is 13.0 Å². The number of aromatic nitrogens is 2. The van der Waals surface area contributed by atoms with Gasteiger partial charge in [0.15, 0.2) is 0 Å². The normalized spacial score (nSPS) is 21.4. The quantitative estimate of drug-likeness (QED) is 0.791. The van der Waals surface area contributed by atoms with Gasteiger partial charge in [-0.25, -0.2) is 4.68 Å². The van der Waals surface area contributed by atoms with Crippen LogP contribution in [0.4, 0.5) is 5.82 Å². The van der Waals surface area contributed by atoms with Crippen LogP contribution in [0.3, 0.4) is 0 Å². The number of nitrogens with zero attached hydrogens (tertiary/aromatic N) is 3. The second kappa shape index (κ2) is 3.84. The van der Waals surface area contributed by atoms with Gasteiger partial charge in [-0.15, -0.1) is 0 Å². The van der Waals surface area contributed by atoms with E-state index in [2.05, 4.69) is 25.9 Å². The van der Waals surface area contributed by atoms with Crippen molar-refractivity contribution >= 4 is 11.7 Å². The van der Waals surface area contributed by atoms with Gasteiger partial charge in [0.05, 0.1) is 11.2 Å². The molecular weight excluding hydrogens is 216 g/mol. The van der Waals surface area contributed by atoms with Gasteiger partial charge < -0.3 is 5.73 Å². The van der Waals surface area contributed by atoms with Crippen molar-refractivity contribution in [3.63, 3.8) is 0 Å². The molecule has 0 bridgehead atoms. The third-order valence-electron chi connectivity index (χ3n) is 2.88. The van der Waals surface area contributed by atoms with Gasteiger partial charge in [0.25, 0.3) is 0 Å². The molecule has 1 saturated heterocycles. The van der Waals surface area contributed by atoms with Gasteiger partial charge in [-0.2, -0.15) is 5.10 Å². The Kier molecular flexibility index (Phi) is 2.73. The summed E-state index contributed by atoms with van der Waals surface area (Å²) in [5.74, 6) is 0.941. The predicted octanol–water partition coefficient (Wildman–Crippen LogP) is 1.01. The first kappa shape index (κ1) is 12.1. The summed E-state index contributed by atoms with van der Waals surface area (Å²) >= 11 is 0. The van der Waals surface area contributed by atoms with E-state index < -0.39 is 0 Å². The van der Waals surface area contributed by atoms with Gasteiger partial charge in [-0.1, -0.05) is 0 Å². The molecule has 5 heteroatoms. The molecule has 1 unspecified atom stereocenters. The molecular formula is C12H20N4O. The Morgan fingerprint density at radius 2 is 2.12 bits per heavy atom. The van der Waals surface area contributed by atoms with Crippen LogP contribution >= 0.6 is 0 Å². The molecule has 1 aliphatic rings. The number of carbonyl (C=O) groups is 1. The number of carbonyl (C=O) groups excluding carboxylic acids is 1. The topological polar surface area (TPSA) is 64.2 Å². The Hall–Kier alpha value is -1.36. The molecule has 0 aliphatic carbocycles. The van der Waals surface area contributed by atoms with Crippen molar-refractivity contribution in [3.05, 3.63) is 11.8 Å². The van der Waals surface area contributed by atoms with Crippen LogP contribution in [-0.2, 0) is 10.3 Å². The average Bonchev–Trinajstić information content (AvgIpc) is 2.68. The molecule has 2 rings (SSSR count). The highest BCUT2D eigenvalue weighted by molar-refractivity contribution is 5.95. The Morgan fingerprint density at radius 3 is 2.59 bits per heavy atom. The SMILES string of the molecule is Cc1cc(N2CC(N)CC2=O)n(C(C)(C)C)n1. The number of amides is 1. The smallest absolute Gasteiger partial charge is 0.229 e. The third kappa shape index (κ3) is 2.20. The van der Waals surface area contributed by atoms with E-state index in [1.54, 1.807) is 4.90 Å². The van der Waals surface area contributed by atoms with Crippen molar-refractivity contribution in [2.45, 2.75) is 45.7 Å². The summed E-state index contributed by atoms with van der Waals surface area (Å²) in [6, 6.07) is 1.88. The van der Waals surface area contributed by atoms with Crippen molar-refractivity contribution in [2.24, 2.45) is 5.73 Å². The van der Waals surface area contributed by atoms with E-state index in [1.165, 1.54) is 0 Å². The molecule has 94 valence electrons. The highest BCUT2D eigenvalue weighted by Gasteiger charge is 2.32. The van der Waals surface area contributed by atoms with Gasteiger partial charge in [-0.3, -0.25) is 9.69 Å². The second-order valence-corrected chi connectivity index (χ2v) is 5.70. The molecule has 1 fully saturated rings. The summed E-state index contributed by atoms with van der Waals surface area (Å²) in [7, 11) is 0. The molecule has 1 atom stereocenters. The van der Waals surface area contributed by atoms with Gasteiger partial charge >= 0.3 is 0 Å². The summed E-state index contributed by atoms with van der Waals surface area (Å²) < 4.78 is 1.90. The standard InChI is InChI=1S/C12H20N4O/c1-8-5-10(16(14-8)12(2,3)4)15-7-9(13)6-11(15)17/h5,9H,6-7,13H2,1-4H3. The first-order valence-electron chi connectivity index (χ1n) is 5.92. The van der Waals surface area contributed by atoms with E-state index >= 15 is 0 Å². The van der Waals surface area contributed by atoms with Crippen LogP contribution in [0.5, 0.6) is 0 Å². The Labute approximate surface area is 102 Å². The maximum absolute atomic E-state index is 11.9. The monoisotopic (exact) mass is 236 g/mol. The van der Waals surface area contributed by atoms with E-state index in [9.17, 15) is 4.79 Å². The molecule has 5 nitrogen and oxygen atoms in total. The molecule has 0 aromatic carbocycles. The zero-order valence-electron chi connectivity index (χ0n) is 10.9. The van der Waals surface area contributed by atoms with Crippen molar-refractivity contribution < 1.29 is 4.79 Å². The zero-order valence-corrected chi connectivity index (χ0v) is 10.9. The third-order valence-corrected chi connectivity index (χ3v) is 2.88. The highest BCUT2D eigenvalue weighted by atomic mass is 16.2. The number of rotatable bonds is 1. The minimum Gasteiger partial charge on any atom is -0.326 e. The van der Waals surface area contributed by atoms with E-state index in [4.69, 9.17) is 5.73 Å². The van der Waals surface area contributed by atoms with Crippen molar-refractivity contribution in [3.8, 4) is 0 Å². The molecule has 0 radical (unpaired) electrons. The Morgan fingerprint density at radius 1 is 1.47 bits per heavy atom. The lowest BCUT2D eigenvalue weighted by Gasteiger charge is -2.26. The summed E-state index contributed by atoms with van der Waals surface area (Å²) in [5.41, 5.74) is 6.60. The summed E-state index contributed by atoms with van der Waals surface area (Å²) in [6.45, 7) is 8.74. The fourth-order valence-corrected chi connectivity index (χ4v) is 2.13. The second-order valence-electron chi connectivity index (χ2n) is 5.70. The molecule has 1 aromatic rings. The lowest BCUT2D eigenvalue weighted by atomic mass is 10.1. The zero-order chi connectivity index (χ0) is 12.8. The lowest BCUT2D eigenvalue weighted by Crippen LogP contribution is -2.34. The molecule has 2 heterocycles. The maximum Gasteiger partial charge on any atom is 0.229 e. The van der Waals surface area contributed by atoms with Crippen LogP contribution in [-0.4, -0.2) is 28.3 Å². The summed E-state index contributed by atoms with van der Waals surface area (Å²) in [4.78, 5) is 13.6. The van der Waals surface area contributed by atoms with Crippen LogP contribution < -0.4 is 10.6 Å². The lowest BCUT2D eigenvalue weighted by molar-refractivity contribution is -0.117.